The van der Waals surface area contributed by atoms with Crippen molar-refractivity contribution < 1.29 is 0 Å². The van der Waals surface area contributed by atoms with Gasteiger partial charge in [0.25, 0.3) is 0 Å². The summed E-state index contributed by atoms with van der Waals surface area (Å²) >= 11 is 0. The van der Waals surface area contributed by atoms with Gasteiger partial charge < -0.3 is 5.32 Å². The largest absolute Gasteiger partial charge is 0.389 e. The third-order valence-corrected chi connectivity index (χ3v) is 1.32. The van der Waals surface area contributed by atoms with Crippen LogP contribution in [0.2, 0.25) is 0 Å². The van der Waals surface area contributed by atoms with Crippen LogP contribution in [0, 0.1) is 12.8 Å². The fraction of sp³-hybridized carbons (Fsp3) is 0.500. The standard InChI is InChI=1S/C6H11N.C2H2/c1-2-6-4-3-5-7-6;1-2/h2,7H,3-5H2,1H3;1-2H/b6-2-;. The molecule has 0 saturated carbocycles. The summed E-state index contributed by atoms with van der Waals surface area (Å²) in [6.07, 6.45) is 12.7. The van der Waals surface area contributed by atoms with Gasteiger partial charge in [0.1, 0.15) is 0 Å². The smallest absolute Gasteiger partial charge is 0.0147 e. The molecule has 0 aromatic rings. The Morgan fingerprint density at radius 2 is 2.22 bits per heavy atom. The van der Waals surface area contributed by atoms with E-state index < -0.39 is 0 Å². The monoisotopic (exact) mass is 123 g/mol. The molecule has 0 aliphatic carbocycles. The van der Waals surface area contributed by atoms with E-state index in [1.165, 1.54) is 25.1 Å². The first-order valence-electron chi connectivity index (χ1n) is 3.16. The number of hydrogen-bond acceptors (Lipinski definition) is 1. The third kappa shape index (κ3) is 2.81. The van der Waals surface area contributed by atoms with Crippen molar-refractivity contribution in [1.82, 2.24) is 5.32 Å². The predicted molar refractivity (Wildman–Crippen MR) is 40.9 cm³/mol. The summed E-state index contributed by atoms with van der Waals surface area (Å²) in [5.41, 5.74) is 1.42. The Hall–Kier alpha value is -0.900. The van der Waals surface area contributed by atoms with Crippen molar-refractivity contribution in [2.45, 2.75) is 19.8 Å². The van der Waals surface area contributed by atoms with E-state index in [9.17, 15) is 0 Å². The van der Waals surface area contributed by atoms with Crippen molar-refractivity contribution in [3.8, 4) is 12.8 Å². The lowest BCUT2D eigenvalue weighted by Gasteiger charge is -1.91. The molecule has 1 N–H and O–H groups in total. The molecule has 1 heterocycles. The topological polar surface area (TPSA) is 12.0 Å². The Morgan fingerprint density at radius 3 is 2.44 bits per heavy atom. The van der Waals surface area contributed by atoms with Crippen molar-refractivity contribution >= 4 is 0 Å². The number of allylic oxidation sites excluding steroid dienone is 2. The lowest BCUT2D eigenvalue weighted by atomic mass is 10.3. The molecule has 1 rings (SSSR count). The molecule has 0 radical (unpaired) electrons. The normalized spacial score (nSPS) is 20.1. The zero-order valence-electron chi connectivity index (χ0n) is 5.85. The van der Waals surface area contributed by atoms with E-state index in [-0.39, 0.29) is 0 Å². The summed E-state index contributed by atoms with van der Waals surface area (Å²) in [5, 5.41) is 3.27. The number of rotatable bonds is 0. The zero-order chi connectivity index (χ0) is 7.11. The van der Waals surface area contributed by atoms with Gasteiger partial charge in [-0.3, -0.25) is 0 Å². The van der Waals surface area contributed by atoms with E-state index >= 15 is 0 Å². The van der Waals surface area contributed by atoms with Gasteiger partial charge >= 0.3 is 0 Å². The second-order valence-electron chi connectivity index (χ2n) is 1.84. The molecule has 1 fully saturated rings. The molecule has 1 saturated heterocycles. The summed E-state index contributed by atoms with van der Waals surface area (Å²) in [6, 6.07) is 0. The van der Waals surface area contributed by atoms with E-state index in [0.717, 1.165) is 0 Å². The first-order chi connectivity index (χ1) is 4.43. The lowest BCUT2D eigenvalue weighted by Crippen LogP contribution is -2.02. The van der Waals surface area contributed by atoms with Crippen molar-refractivity contribution in [3.05, 3.63) is 11.8 Å². The average molecular weight is 123 g/mol. The molecule has 0 aromatic heterocycles. The second-order valence-corrected chi connectivity index (χ2v) is 1.84. The van der Waals surface area contributed by atoms with Gasteiger partial charge in [-0.15, -0.1) is 12.8 Å². The van der Waals surface area contributed by atoms with Crippen molar-refractivity contribution in [1.29, 1.82) is 0 Å². The minimum atomic E-state index is 1.18. The van der Waals surface area contributed by atoms with Gasteiger partial charge in [-0.2, -0.15) is 0 Å². The summed E-state index contributed by atoms with van der Waals surface area (Å²) in [7, 11) is 0. The van der Waals surface area contributed by atoms with Gasteiger partial charge in [0, 0.05) is 12.2 Å². The average Bonchev–Trinajstić information content (AvgIpc) is 2.43. The molecule has 1 aliphatic heterocycles. The molecule has 9 heavy (non-hydrogen) atoms. The highest BCUT2D eigenvalue weighted by atomic mass is 14.9. The Kier molecular flexibility index (Phi) is 4.72. The zero-order valence-corrected chi connectivity index (χ0v) is 5.85. The first kappa shape index (κ1) is 8.10. The van der Waals surface area contributed by atoms with E-state index in [1.807, 2.05) is 0 Å². The maximum Gasteiger partial charge on any atom is 0.0147 e. The predicted octanol–water partition coefficient (Wildman–Crippen LogP) is 1.52. The van der Waals surface area contributed by atoms with Gasteiger partial charge in [0.05, 0.1) is 0 Å². The maximum atomic E-state index is 4.00. The lowest BCUT2D eigenvalue weighted by molar-refractivity contribution is 0.903. The Balaban J connectivity index is 0.000000291. The van der Waals surface area contributed by atoms with Gasteiger partial charge in [-0.1, -0.05) is 6.08 Å². The summed E-state index contributed by atoms with van der Waals surface area (Å²) in [4.78, 5) is 0. The Morgan fingerprint density at radius 1 is 1.56 bits per heavy atom. The molecule has 0 atom stereocenters. The van der Waals surface area contributed by atoms with Crippen LogP contribution in [0.1, 0.15) is 19.8 Å². The van der Waals surface area contributed by atoms with Crippen LogP contribution in [-0.4, -0.2) is 6.54 Å². The van der Waals surface area contributed by atoms with Crippen molar-refractivity contribution in [2.24, 2.45) is 0 Å². The highest BCUT2D eigenvalue weighted by Crippen LogP contribution is 2.06. The summed E-state index contributed by atoms with van der Waals surface area (Å²) in [5.74, 6) is 0. The van der Waals surface area contributed by atoms with Crippen molar-refractivity contribution in [3.63, 3.8) is 0 Å². The molecule has 1 nitrogen and oxygen atoms in total. The molecular formula is C8H13N. The minimum absolute atomic E-state index is 1.18. The molecular weight excluding hydrogens is 110 g/mol. The second kappa shape index (κ2) is 5.24. The number of hydrogen-bond donors (Lipinski definition) is 1. The molecule has 1 aliphatic rings. The first-order valence-corrected chi connectivity index (χ1v) is 3.16. The molecule has 0 aromatic carbocycles. The molecule has 0 spiro atoms. The Labute approximate surface area is 57.2 Å². The number of terminal acetylenes is 1. The summed E-state index contributed by atoms with van der Waals surface area (Å²) < 4.78 is 0. The quantitative estimate of drug-likeness (QED) is 0.481. The fourth-order valence-electron chi connectivity index (χ4n) is 0.863. The highest BCUT2D eigenvalue weighted by molar-refractivity contribution is 5.01. The minimum Gasteiger partial charge on any atom is -0.389 e. The highest BCUT2D eigenvalue weighted by Gasteiger charge is 2.00. The molecule has 0 bridgehead atoms. The van der Waals surface area contributed by atoms with Gasteiger partial charge in [0.2, 0.25) is 0 Å². The van der Waals surface area contributed by atoms with Gasteiger partial charge in [-0.25, -0.2) is 0 Å². The van der Waals surface area contributed by atoms with Crippen LogP contribution in [-0.2, 0) is 0 Å². The van der Waals surface area contributed by atoms with Crippen LogP contribution < -0.4 is 5.32 Å². The fourth-order valence-corrected chi connectivity index (χ4v) is 0.863. The molecule has 50 valence electrons. The maximum absolute atomic E-state index is 4.00. The van der Waals surface area contributed by atoms with E-state index in [2.05, 4.69) is 31.2 Å². The third-order valence-electron chi connectivity index (χ3n) is 1.32. The molecule has 1 heteroatoms. The van der Waals surface area contributed by atoms with Crippen molar-refractivity contribution in [2.75, 3.05) is 6.54 Å². The van der Waals surface area contributed by atoms with Crippen LogP contribution in [0.5, 0.6) is 0 Å². The molecule has 0 amide bonds. The molecule has 0 unspecified atom stereocenters. The van der Waals surface area contributed by atoms with Gasteiger partial charge in [0.15, 0.2) is 0 Å². The van der Waals surface area contributed by atoms with Crippen LogP contribution in [0.3, 0.4) is 0 Å². The Bertz CT molecular complexity index is 103. The summed E-state index contributed by atoms with van der Waals surface area (Å²) in [6.45, 7) is 3.26. The van der Waals surface area contributed by atoms with E-state index in [4.69, 9.17) is 0 Å². The van der Waals surface area contributed by atoms with Crippen LogP contribution in [0.4, 0.5) is 0 Å². The van der Waals surface area contributed by atoms with Crippen LogP contribution >= 0.6 is 0 Å². The van der Waals surface area contributed by atoms with Gasteiger partial charge in [-0.05, 0) is 19.8 Å². The van der Waals surface area contributed by atoms with Crippen LogP contribution in [0.15, 0.2) is 11.8 Å². The van der Waals surface area contributed by atoms with Crippen LogP contribution in [0.25, 0.3) is 0 Å². The van der Waals surface area contributed by atoms with E-state index in [1.54, 1.807) is 0 Å². The van der Waals surface area contributed by atoms with E-state index in [0.29, 0.717) is 0 Å². The SMILES string of the molecule is C#C.C/C=C1/CCCN1. The number of nitrogens with one attached hydrogen (secondary N) is 1.